The molecule has 0 aliphatic carbocycles. The van der Waals surface area contributed by atoms with Crippen LogP contribution in [0.1, 0.15) is 0 Å². The lowest BCUT2D eigenvalue weighted by atomic mass is 11.3. The van der Waals surface area contributed by atoms with Crippen molar-refractivity contribution >= 4 is 6.72 Å². The molecule has 0 aromatic rings. The van der Waals surface area contributed by atoms with Gasteiger partial charge in [0.15, 0.2) is 7.05 Å². The molecule has 0 saturated heterocycles. The lowest BCUT2D eigenvalue weighted by Crippen LogP contribution is -2.54. The van der Waals surface area contributed by atoms with Gasteiger partial charge in [0.25, 0.3) is 0 Å². The van der Waals surface area contributed by atoms with Crippen molar-refractivity contribution in [2.45, 2.75) is 0 Å². The normalized spacial score (nSPS) is 15.6. The van der Waals surface area contributed by atoms with Crippen LogP contribution >= 0.6 is 0 Å². The smallest absolute Gasteiger partial charge is 0.155 e. The minimum absolute atomic E-state index is 0.0556. The van der Waals surface area contributed by atoms with Crippen LogP contribution in [-0.4, -0.2) is 38.2 Å². The van der Waals surface area contributed by atoms with Crippen molar-refractivity contribution < 1.29 is 14.7 Å². The number of hydrazone groups is 1. The van der Waals surface area contributed by atoms with Gasteiger partial charge in [-0.2, -0.15) is 10.4 Å². The van der Waals surface area contributed by atoms with Gasteiger partial charge in [0, 0.05) is 13.8 Å². The zero-order valence-electron chi connectivity index (χ0n) is 6.77. The highest BCUT2D eigenvalue weighted by molar-refractivity contribution is 5.22. The van der Waals surface area contributed by atoms with Gasteiger partial charge in [-0.1, -0.05) is 0 Å². The average Bonchev–Trinajstić information content (AvgIpc) is 2.04. The molecule has 0 saturated carbocycles. The van der Waals surface area contributed by atoms with Crippen LogP contribution in [0.25, 0.3) is 0 Å². The van der Waals surface area contributed by atoms with Crippen LogP contribution in [0.3, 0.4) is 0 Å². The van der Waals surface area contributed by atoms with Gasteiger partial charge in [-0.25, -0.2) is 0 Å². The van der Waals surface area contributed by atoms with Gasteiger partial charge in [-0.05, 0) is 4.94 Å². The first-order valence-corrected chi connectivity index (χ1v) is 2.83. The molecule has 1 N–H and O–H groups in total. The van der Waals surface area contributed by atoms with E-state index in [1.807, 2.05) is 0 Å². The SMILES string of the molecule is C=NN([O-])O[N+](C)(NC)OC. The van der Waals surface area contributed by atoms with E-state index < -0.39 is 4.92 Å². The van der Waals surface area contributed by atoms with Gasteiger partial charge in [-0.15, -0.1) is 10.3 Å². The lowest BCUT2D eigenvalue weighted by Gasteiger charge is -2.29. The summed E-state index contributed by atoms with van der Waals surface area (Å²) in [4.78, 5) is 8.73. The molecule has 7 heteroatoms. The molecule has 0 radical (unpaired) electrons. The largest absolute Gasteiger partial charge is 0.712 e. The number of hydroxylamine groups is 2. The number of nitrogens with zero attached hydrogens (tertiary/aromatic N) is 3. The molecule has 0 aromatic carbocycles. The zero-order chi connectivity index (χ0) is 8.91. The van der Waals surface area contributed by atoms with E-state index in [2.05, 4.69) is 22.2 Å². The Morgan fingerprint density at radius 3 is 2.55 bits per heavy atom. The minimum Gasteiger partial charge on any atom is -0.712 e. The predicted octanol–water partition coefficient (Wildman–Crippen LogP) is -0.609. The maximum Gasteiger partial charge on any atom is 0.155 e. The fraction of sp³-hybridized carbons (Fsp3) is 0.750. The highest BCUT2D eigenvalue weighted by Crippen LogP contribution is 2.00. The predicted molar refractivity (Wildman–Crippen MR) is 38.1 cm³/mol. The van der Waals surface area contributed by atoms with Gasteiger partial charge in [0.1, 0.15) is 7.11 Å². The van der Waals surface area contributed by atoms with Gasteiger partial charge in [0.05, 0.1) is 4.92 Å². The molecular weight excluding hydrogens is 152 g/mol. The van der Waals surface area contributed by atoms with Crippen LogP contribution in [0.5, 0.6) is 0 Å². The maximum atomic E-state index is 10.5. The molecule has 1 atom stereocenters. The number of hydrogen-bond acceptors (Lipinski definition) is 6. The second kappa shape index (κ2) is 4.21. The van der Waals surface area contributed by atoms with Crippen LogP contribution in [0.15, 0.2) is 5.10 Å². The van der Waals surface area contributed by atoms with Crippen molar-refractivity contribution in [2.24, 2.45) is 5.10 Å². The quantitative estimate of drug-likeness (QED) is 0.333. The standard InChI is InChI=1S/C4H12N4O3/c1-5-7(9)11-8(3,6-2)10-4/h6H,1H2,2-4H3. The van der Waals surface area contributed by atoms with Crippen LogP contribution in [0.4, 0.5) is 0 Å². The van der Waals surface area contributed by atoms with Crippen molar-refractivity contribution in [1.29, 1.82) is 0 Å². The summed E-state index contributed by atoms with van der Waals surface area (Å²) in [6.45, 7) is 2.96. The Labute approximate surface area is 64.8 Å². The molecule has 0 rings (SSSR count). The molecular formula is C4H12N4O3. The molecule has 0 bridgehead atoms. The third-order valence-electron chi connectivity index (χ3n) is 1.10. The summed E-state index contributed by atoms with van der Waals surface area (Å²) >= 11 is 0. The van der Waals surface area contributed by atoms with Crippen LogP contribution in [0, 0.1) is 5.21 Å². The molecule has 0 heterocycles. The first-order chi connectivity index (χ1) is 5.08. The fourth-order valence-corrected chi connectivity index (χ4v) is 0.325. The van der Waals surface area contributed by atoms with Crippen molar-refractivity contribution in [3.05, 3.63) is 5.21 Å². The summed E-state index contributed by atoms with van der Waals surface area (Å²) in [6, 6.07) is 0. The number of rotatable bonds is 5. The third-order valence-corrected chi connectivity index (χ3v) is 1.10. The number of quaternary nitrogens is 1. The highest BCUT2D eigenvalue weighted by atomic mass is 17.2. The van der Waals surface area contributed by atoms with Gasteiger partial charge in [0.2, 0.25) is 0 Å². The van der Waals surface area contributed by atoms with E-state index in [4.69, 9.17) is 4.84 Å². The summed E-state index contributed by atoms with van der Waals surface area (Å²) in [7, 11) is 4.39. The van der Waals surface area contributed by atoms with Crippen molar-refractivity contribution in [1.82, 2.24) is 10.8 Å². The minimum atomic E-state index is -0.539. The average molecular weight is 164 g/mol. The molecule has 7 nitrogen and oxygen atoms in total. The number of nitrogens with one attached hydrogen (secondary N) is 1. The van der Waals surface area contributed by atoms with E-state index in [0.29, 0.717) is 0 Å². The second-order valence-electron chi connectivity index (χ2n) is 1.71. The highest BCUT2D eigenvalue weighted by Gasteiger charge is 2.23. The summed E-state index contributed by atoms with van der Waals surface area (Å²) in [5.41, 5.74) is 2.56. The molecule has 11 heavy (non-hydrogen) atoms. The van der Waals surface area contributed by atoms with Gasteiger partial charge in [-0.3, -0.25) is 0 Å². The fourth-order valence-electron chi connectivity index (χ4n) is 0.325. The molecule has 0 aliphatic heterocycles. The maximum absolute atomic E-state index is 10.5. The van der Waals surface area contributed by atoms with Gasteiger partial charge >= 0.3 is 0 Å². The van der Waals surface area contributed by atoms with Crippen LogP contribution in [-0.2, 0) is 9.78 Å². The van der Waals surface area contributed by atoms with E-state index in [9.17, 15) is 5.21 Å². The van der Waals surface area contributed by atoms with E-state index in [1.54, 1.807) is 7.05 Å². The number of hydrogen-bond donors (Lipinski definition) is 1. The molecule has 0 amide bonds. The van der Waals surface area contributed by atoms with Crippen molar-refractivity contribution in [3.63, 3.8) is 0 Å². The zero-order valence-corrected chi connectivity index (χ0v) is 6.77. The Bertz CT molecular complexity index is 127. The lowest BCUT2D eigenvalue weighted by molar-refractivity contribution is -1.28. The molecule has 0 aromatic heterocycles. The Kier molecular flexibility index (Phi) is 3.93. The summed E-state index contributed by atoms with van der Waals surface area (Å²) in [6.07, 6.45) is 0. The molecule has 66 valence electrons. The topological polar surface area (TPSA) is 69.2 Å². The monoisotopic (exact) mass is 164 g/mol. The Morgan fingerprint density at radius 1 is 1.73 bits per heavy atom. The molecule has 0 spiro atoms. The Morgan fingerprint density at radius 2 is 2.27 bits per heavy atom. The summed E-state index contributed by atoms with van der Waals surface area (Å²) < 4.78 is 0. The Balaban J connectivity index is 3.95. The Hall–Kier alpha value is -0.730. The third kappa shape index (κ3) is 3.25. The van der Waals surface area contributed by atoms with E-state index in [-0.39, 0.29) is 5.34 Å². The van der Waals surface area contributed by atoms with Crippen molar-refractivity contribution in [2.75, 3.05) is 21.2 Å². The molecule has 0 aliphatic rings. The summed E-state index contributed by atoms with van der Waals surface area (Å²) in [5, 5.41) is 13.4. The summed E-state index contributed by atoms with van der Waals surface area (Å²) in [5.74, 6) is 0. The second-order valence-corrected chi connectivity index (χ2v) is 1.71. The van der Waals surface area contributed by atoms with Crippen LogP contribution < -0.4 is 5.43 Å². The molecule has 1 unspecified atom stereocenters. The van der Waals surface area contributed by atoms with E-state index >= 15 is 0 Å². The first-order valence-electron chi connectivity index (χ1n) is 2.83. The first kappa shape index (κ1) is 10.3. The van der Waals surface area contributed by atoms with E-state index in [0.717, 1.165) is 0 Å². The van der Waals surface area contributed by atoms with Crippen molar-refractivity contribution in [3.8, 4) is 0 Å². The van der Waals surface area contributed by atoms with E-state index in [1.165, 1.54) is 14.2 Å². The molecule has 0 fully saturated rings. The van der Waals surface area contributed by atoms with Crippen LogP contribution in [0.2, 0.25) is 0 Å². The van der Waals surface area contributed by atoms with Gasteiger partial charge < -0.3 is 5.21 Å².